The van der Waals surface area contributed by atoms with Crippen LogP contribution in [-0.2, 0) is 0 Å². The molecule has 0 aliphatic carbocycles. The molecule has 0 saturated carbocycles. The zero-order chi connectivity index (χ0) is 10.2. The Morgan fingerprint density at radius 1 is 1.64 bits per heavy atom. The SMILES string of the molecule is CC=C=C/C=C(/C)CC1=NCCCN1. The predicted octanol–water partition coefficient (Wildman–Crippen LogP) is 2.45. The van der Waals surface area contributed by atoms with Crippen LogP contribution in [0.4, 0.5) is 0 Å². The Kier molecular flexibility index (Phi) is 4.81. The van der Waals surface area contributed by atoms with Gasteiger partial charge in [0.2, 0.25) is 0 Å². The second-order valence-electron chi connectivity index (χ2n) is 3.42. The third kappa shape index (κ3) is 4.11. The maximum absolute atomic E-state index is 4.42. The highest BCUT2D eigenvalue weighted by atomic mass is 15.0. The second kappa shape index (κ2) is 6.22. The summed E-state index contributed by atoms with van der Waals surface area (Å²) in [4.78, 5) is 4.42. The van der Waals surface area contributed by atoms with Crippen molar-refractivity contribution in [2.75, 3.05) is 13.1 Å². The molecular formula is C12H18N2. The quantitative estimate of drug-likeness (QED) is 0.536. The summed E-state index contributed by atoms with van der Waals surface area (Å²) < 4.78 is 0. The van der Waals surface area contributed by atoms with E-state index >= 15 is 0 Å². The number of hydrogen-bond donors (Lipinski definition) is 1. The number of aliphatic imine (C=N–C) groups is 1. The van der Waals surface area contributed by atoms with E-state index in [9.17, 15) is 0 Å². The highest BCUT2D eigenvalue weighted by Gasteiger charge is 2.03. The molecule has 0 aromatic carbocycles. The standard InChI is InChI=1S/C12H18N2/c1-3-4-5-7-11(2)10-12-13-8-6-9-14-12/h3,5,7H,6,8-10H2,1-2H3,(H,13,14)/b11-7-. The van der Waals surface area contributed by atoms with Crippen LogP contribution in [0.3, 0.4) is 0 Å². The summed E-state index contributed by atoms with van der Waals surface area (Å²) in [5, 5.41) is 3.31. The minimum absolute atomic E-state index is 0.932. The van der Waals surface area contributed by atoms with Crippen molar-refractivity contribution in [2.45, 2.75) is 26.7 Å². The van der Waals surface area contributed by atoms with Crippen molar-refractivity contribution in [3.05, 3.63) is 29.5 Å². The molecule has 0 radical (unpaired) electrons. The maximum atomic E-state index is 4.42. The first-order valence-corrected chi connectivity index (χ1v) is 5.13. The average molecular weight is 190 g/mol. The Labute approximate surface area is 86.1 Å². The fourth-order valence-corrected chi connectivity index (χ4v) is 1.31. The van der Waals surface area contributed by atoms with Crippen molar-refractivity contribution in [1.82, 2.24) is 5.32 Å². The molecule has 0 saturated heterocycles. The van der Waals surface area contributed by atoms with Gasteiger partial charge in [-0.25, -0.2) is 0 Å². The van der Waals surface area contributed by atoms with Crippen LogP contribution in [0.5, 0.6) is 0 Å². The zero-order valence-electron chi connectivity index (χ0n) is 9.01. The van der Waals surface area contributed by atoms with Gasteiger partial charge in [-0.1, -0.05) is 11.6 Å². The molecule has 1 rings (SSSR count). The molecule has 2 nitrogen and oxygen atoms in total. The first-order valence-electron chi connectivity index (χ1n) is 5.13. The van der Waals surface area contributed by atoms with Crippen molar-refractivity contribution in [1.29, 1.82) is 0 Å². The highest BCUT2D eigenvalue weighted by molar-refractivity contribution is 5.84. The predicted molar refractivity (Wildman–Crippen MR) is 61.6 cm³/mol. The molecule has 0 unspecified atom stereocenters. The summed E-state index contributed by atoms with van der Waals surface area (Å²) >= 11 is 0. The van der Waals surface area contributed by atoms with Gasteiger partial charge in [-0.2, -0.15) is 0 Å². The molecule has 0 amide bonds. The lowest BCUT2D eigenvalue weighted by atomic mass is 10.1. The average Bonchev–Trinajstić information content (AvgIpc) is 2.20. The summed E-state index contributed by atoms with van der Waals surface area (Å²) in [6, 6.07) is 0. The molecule has 1 heterocycles. The number of rotatable bonds is 3. The maximum Gasteiger partial charge on any atom is 0.100 e. The van der Waals surface area contributed by atoms with Crippen molar-refractivity contribution in [2.24, 2.45) is 4.99 Å². The van der Waals surface area contributed by atoms with E-state index in [2.05, 4.69) is 29.0 Å². The smallest absolute Gasteiger partial charge is 0.100 e. The molecule has 0 fully saturated rings. The van der Waals surface area contributed by atoms with Gasteiger partial charge in [0.05, 0.1) is 0 Å². The van der Waals surface area contributed by atoms with Crippen LogP contribution in [-0.4, -0.2) is 18.9 Å². The van der Waals surface area contributed by atoms with Crippen molar-refractivity contribution >= 4 is 5.84 Å². The fraction of sp³-hybridized carbons (Fsp3) is 0.500. The number of allylic oxidation sites excluding steroid dienone is 2. The number of hydrogen-bond acceptors (Lipinski definition) is 2. The van der Waals surface area contributed by atoms with Crippen molar-refractivity contribution in [3.63, 3.8) is 0 Å². The third-order valence-corrected chi connectivity index (χ3v) is 2.04. The van der Waals surface area contributed by atoms with Crippen LogP contribution >= 0.6 is 0 Å². The molecule has 0 spiro atoms. The van der Waals surface area contributed by atoms with E-state index in [0.717, 1.165) is 31.8 Å². The minimum Gasteiger partial charge on any atom is -0.374 e. The van der Waals surface area contributed by atoms with Crippen LogP contribution in [0.1, 0.15) is 26.7 Å². The number of nitrogens with one attached hydrogen (secondary N) is 1. The Morgan fingerprint density at radius 3 is 3.14 bits per heavy atom. The summed E-state index contributed by atoms with van der Waals surface area (Å²) in [6.07, 6.45) is 8.02. The Hall–Kier alpha value is -1.27. The van der Waals surface area contributed by atoms with Gasteiger partial charge in [-0.3, -0.25) is 4.99 Å². The highest BCUT2D eigenvalue weighted by Crippen LogP contribution is 2.03. The van der Waals surface area contributed by atoms with E-state index < -0.39 is 0 Å². The summed E-state index contributed by atoms with van der Waals surface area (Å²) in [7, 11) is 0. The van der Waals surface area contributed by atoms with Crippen LogP contribution in [0.2, 0.25) is 0 Å². The molecule has 14 heavy (non-hydrogen) atoms. The van der Waals surface area contributed by atoms with Crippen LogP contribution in [0, 0.1) is 0 Å². The van der Waals surface area contributed by atoms with Crippen molar-refractivity contribution in [3.8, 4) is 0 Å². The molecular weight excluding hydrogens is 172 g/mol. The molecule has 0 bridgehead atoms. The van der Waals surface area contributed by atoms with Gasteiger partial charge in [-0.15, -0.1) is 5.73 Å². The first-order chi connectivity index (χ1) is 6.83. The van der Waals surface area contributed by atoms with E-state index in [-0.39, 0.29) is 0 Å². The van der Waals surface area contributed by atoms with Crippen LogP contribution in [0.25, 0.3) is 0 Å². The minimum atomic E-state index is 0.932. The van der Waals surface area contributed by atoms with Gasteiger partial charge < -0.3 is 5.32 Å². The monoisotopic (exact) mass is 190 g/mol. The summed E-state index contributed by atoms with van der Waals surface area (Å²) in [6.45, 7) is 6.12. The van der Waals surface area contributed by atoms with Gasteiger partial charge in [0.25, 0.3) is 0 Å². The lowest BCUT2D eigenvalue weighted by Crippen LogP contribution is -2.29. The lowest BCUT2D eigenvalue weighted by Gasteiger charge is -2.14. The molecule has 0 aromatic heterocycles. The van der Waals surface area contributed by atoms with Crippen LogP contribution < -0.4 is 5.32 Å². The molecule has 0 atom stereocenters. The van der Waals surface area contributed by atoms with Gasteiger partial charge in [-0.05, 0) is 32.4 Å². The second-order valence-corrected chi connectivity index (χ2v) is 3.42. The largest absolute Gasteiger partial charge is 0.374 e. The van der Waals surface area contributed by atoms with Gasteiger partial charge in [0.1, 0.15) is 5.84 Å². The molecule has 1 aliphatic heterocycles. The zero-order valence-corrected chi connectivity index (χ0v) is 9.01. The van der Waals surface area contributed by atoms with E-state index in [1.807, 2.05) is 19.1 Å². The van der Waals surface area contributed by atoms with Gasteiger partial charge >= 0.3 is 0 Å². The molecule has 0 aromatic rings. The molecule has 1 N–H and O–H groups in total. The molecule has 2 heteroatoms. The molecule has 76 valence electrons. The first kappa shape index (κ1) is 10.8. The molecule has 1 aliphatic rings. The van der Waals surface area contributed by atoms with E-state index in [4.69, 9.17) is 0 Å². The van der Waals surface area contributed by atoms with E-state index in [1.54, 1.807) is 0 Å². The Bertz CT molecular complexity index is 291. The van der Waals surface area contributed by atoms with E-state index in [1.165, 1.54) is 5.57 Å². The number of amidine groups is 1. The third-order valence-electron chi connectivity index (χ3n) is 2.04. The Morgan fingerprint density at radius 2 is 2.50 bits per heavy atom. The fourth-order valence-electron chi connectivity index (χ4n) is 1.31. The lowest BCUT2D eigenvalue weighted by molar-refractivity contribution is 0.731. The Balaban J connectivity index is 2.46. The van der Waals surface area contributed by atoms with Gasteiger partial charge in [0, 0.05) is 19.5 Å². The van der Waals surface area contributed by atoms with Gasteiger partial charge in [0.15, 0.2) is 0 Å². The topological polar surface area (TPSA) is 24.4 Å². The normalized spacial score (nSPS) is 16.4. The van der Waals surface area contributed by atoms with Crippen molar-refractivity contribution < 1.29 is 0 Å². The number of nitrogens with zero attached hydrogens (tertiary/aromatic N) is 1. The summed E-state index contributed by atoms with van der Waals surface area (Å²) in [5.74, 6) is 1.12. The van der Waals surface area contributed by atoms with Crippen LogP contribution in [0.15, 0.2) is 34.5 Å². The van der Waals surface area contributed by atoms with E-state index in [0.29, 0.717) is 0 Å². The summed E-state index contributed by atoms with van der Waals surface area (Å²) in [5.41, 5.74) is 4.34.